The minimum Gasteiger partial charge on any atom is -0.355 e. The van der Waals surface area contributed by atoms with Crippen LogP contribution in [0.15, 0.2) is 0 Å². The molecule has 0 aromatic heterocycles. The smallest absolute Gasteiger partial charge is 0.233 e. The van der Waals surface area contributed by atoms with E-state index in [0.717, 1.165) is 6.42 Å². The molecule has 0 saturated heterocycles. The Bertz CT molecular complexity index is 163. The van der Waals surface area contributed by atoms with Crippen molar-refractivity contribution in [1.82, 2.24) is 5.32 Å². The molecule has 0 radical (unpaired) electrons. The number of carbonyl (C=O) groups excluding carboxylic acids is 1. The van der Waals surface area contributed by atoms with Gasteiger partial charge in [0.15, 0.2) is 0 Å². The summed E-state index contributed by atoms with van der Waals surface area (Å²) in [6, 6.07) is 0. The highest BCUT2D eigenvalue weighted by atomic mass is 32.2. The lowest BCUT2D eigenvalue weighted by atomic mass is 10.2. The summed E-state index contributed by atoms with van der Waals surface area (Å²) in [5.74, 6) is 0.132. The van der Waals surface area contributed by atoms with Gasteiger partial charge in [0.1, 0.15) is 0 Å². The highest BCUT2D eigenvalue weighted by Crippen LogP contribution is 2.19. The molecule has 84 valence electrons. The normalized spacial score (nSPS) is 14.9. The van der Waals surface area contributed by atoms with Crippen LogP contribution in [0.5, 0.6) is 0 Å². The van der Waals surface area contributed by atoms with E-state index >= 15 is 0 Å². The maximum atomic E-state index is 11.6. The summed E-state index contributed by atoms with van der Waals surface area (Å²) in [4.78, 5) is 11.6. The van der Waals surface area contributed by atoms with Gasteiger partial charge >= 0.3 is 0 Å². The van der Waals surface area contributed by atoms with E-state index < -0.39 is 0 Å². The van der Waals surface area contributed by atoms with Crippen molar-refractivity contribution < 1.29 is 4.79 Å². The number of hydrogen-bond acceptors (Lipinski definition) is 4. The molecule has 14 heavy (non-hydrogen) atoms. The van der Waals surface area contributed by atoms with E-state index in [4.69, 9.17) is 5.73 Å². The highest BCUT2D eigenvalue weighted by Gasteiger charge is 2.20. The van der Waals surface area contributed by atoms with Gasteiger partial charge in [0.25, 0.3) is 0 Å². The van der Waals surface area contributed by atoms with Crippen LogP contribution < -0.4 is 11.1 Å². The SMILES string of the molecule is CCNC(=O)C(CC(CN)SC)SC. The summed E-state index contributed by atoms with van der Waals surface area (Å²) in [5, 5.41) is 3.26. The van der Waals surface area contributed by atoms with Crippen LogP contribution in [0.1, 0.15) is 13.3 Å². The summed E-state index contributed by atoms with van der Waals surface area (Å²) in [7, 11) is 0. The molecule has 0 aromatic rings. The average Bonchev–Trinajstić information content (AvgIpc) is 2.20. The first-order chi connectivity index (χ1) is 6.69. The maximum absolute atomic E-state index is 11.6. The molecule has 0 aliphatic rings. The van der Waals surface area contributed by atoms with Crippen molar-refractivity contribution in [2.45, 2.75) is 23.8 Å². The van der Waals surface area contributed by atoms with Crippen LogP contribution in [0.25, 0.3) is 0 Å². The van der Waals surface area contributed by atoms with Crippen LogP contribution in [0.3, 0.4) is 0 Å². The molecule has 0 rings (SSSR count). The highest BCUT2D eigenvalue weighted by molar-refractivity contribution is 8.00. The van der Waals surface area contributed by atoms with Crippen LogP contribution in [0.4, 0.5) is 0 Å². The Kier molecular flexibility index (Phi) is 8.52. The predicted octanol–water partition coefficient (Wildman–Crippen LogP) is 0.935. The van der Waals surface area contributed by atoms with Gasteiger partial charge < -0.3 is 11.1 Å². The maximum Gasteiger partial charge on any atom is 0.233 e. The van der Waals surface area contributed by atoms with Crippen molar-refractivity contribution in [1.29, 1.82) is 0 Å². The Labute approximate surface area is 95.0 Å². The van der Waals surface area contributed by atoms with Crippen LogP contribution in [-0.4, -0.2) is 42.0 Å². The third-order valence-electron chi connectivity index (χ3n) is 2.00. The fourth-order valence-electron chi connectivity index (χ4n) is 1.13. The van der Waals surface area contributed by atoms with Gasteiger partial charge in [0.2, 0.25) is 5.91 Å². The second kappa shape index (κ2) is 8.44. The van der Waals surface area contributed by atoms with Crippen LogP contribution in [0, 0.1) is 0 Å². The number of carbonyl (C=O) groups is 1. The van der Waals surface area contributed by atoms with E-state index in [1.54, 1.807) is 23.5 Å². The molecule has 1 amide bonds. The van der Waals surface area contributed by atoms with Gasteiger partial charge in [-0.2, -0.15) is 23.5 Å². The molecule has 2 atom stereocenters. The molecule has 0 bridgehead atoms. The number of nitrogens with two attached hydrogens (primary N) is 1. The second-order valence-corrected chi connectivity index (χ2v) is 5.13. The van der Waals surface area contributed by atoms with Crippen LogP contribution in [0.2, 0.25) is 0 Å². The molecule has 0 heterocycles. The summed E-state index contributed by atoms with van der Waals surface area (Å²) in [5.41, 5.74) is 5.60. The topological polar surface area (TPSA) is 55.1 Å². The monoisotopic (exact) mass is 236 g/mol. The van der Waals surface area contributed by atoms with E-state index in [1.807, 2.05) is 19.4 Å². The van der Waals surface area contributed by atoms with E-state index in [2.05, 4.69) is 5.32 Å². The van der Waals surface area contributed by atoms with Crippen LogP contribution in [-0.2, 0) is 4.79 Å². The Morgan fingerprint density at radius 1 is 1.43 bits per heavy atom. The summed E-state index contributed by atoms with van der Waals surface area (Å²) >= 11 is 3.33. The van der Waals surface area contributed by atoms with Crippen molar-refractivity contribution in [2.75, 3.05) is 25.6 Å². The Hall–Kier alpha value is 0.130. The van der Waals surface area contributed by atoms with Gasteiger partial charge in [-0.3, -0.25) is 4.79 Å². The third-order valence-corrected chi connectivity index (χ3v) is 4.03. The molecule has 2 unspecified atom stereocenters. The van der Waals surface area contributed by atoms with Crippen molar-refractivity contribution in [3.05, 3.63) is 0 Å². The largest absolute Gasteiger partial charge is 0.355 e. The van der Waals surface area contributed by atoms with Gasteiger partial charge in [0.05, 0.1) is 5.25 Å². The number of rotatable bonds is 7. The van der Waals surface area contributed by atoms with Crippen molar-refractivity contribution in [3.8, 4) is 0 Å². The van der Waals surface area contributed by atoms with Crippen LogP contribution >= 0.6 is 23.5 Å². The zero-order chi connectivity index (χ0) is 11.0. The standard InChI is InChI=1S/C9H20N2OS2/c1-4-11-9(12)8(14-3)5-7(6-10)13-2/h7-8H,4-6,10H2,1-3H3,(H,11,12). The Balaban J connectivity index is 4.05. The van der Waals surface area contributed by atoms with E-state index in [1.165, 1.54) is 0 Å². The Morgan fingerprint density at radius 3 is 2.43 bits per heavy atom. The minimum absolute atomic E-state index is 0.0379. The lowest BCUT2D eigenvalue weighted by molar-refractivity contribution is -0.120. The molecule has 0 aliphatic heterocycles. The van der Waals surface area contributed by atoms with Crippen molar-refractivity contribution in [3.63, 3.8) is 0 Å². The molecular formula is C9H20N2OS2. The van der Waals surface area contributed by atoms with Gasteiger partial charge in [-0.15, -0.1) is 0 Å². The Morgan fingerprint density at radius 2 is 2.07 bits per heavy atom. The molecular weight excluding hydrogens is 216 g/mol. The summed E-state index contributed by atoms with van der Waals surface area (Å²) < 4.78 is 0. The molecule has 5 heteroatoms. The fourth-order valence-corrected chi connectivity index (χ4v) is 2.55. The minimum atomic E-state index is 0.0379. The molecule has 0 aliphatic carbocycles. The molecule has 3 N–H and O–H groups in total. The van der Waals surface area contributed by atoms with Gasteiger partial charge in [-0.25, -0.2) is 0 Å². The molecule has 0 aromatic carbocycles. The number of nitrogens with one attached hydrogen (secondary N) is 1. The first kappa shape index (κ1) is 14.1. The number of thioether (sulfide) groups is 2. The number of amides is 1. The zero-order valence-electron chi connectivity index (χ0n) is 9.08. The second-order valence-electron chi connectivity index (χ2n) is 2.95. The molecule has 0 spiro atoms. The number of hydrogen-bond donors (Lipinski definition) is 2. The lowest BCUT2D eigenvalue weighted by Crippen LogP contribution is -2.35. The molecule has 0 saturated carbocycles. The molecule has 0 fully saturated rings. The van der Waals surface area contributed by atoms with E-state index in [9.17, 15) is 4.79 Å². The predicted molar refractivity (Wildman–Crippen MR) is 67.0 cm³/mol. The van der Waals surface area contributed by atoms with E-state index in [0.29, 0.717) is 18.3 Å². The van der Waals surface area contributed by atoms with Gasteiger partial charge in [-0.1, -0.05) is 0 Å². The molecule has 3 nitrogen and oxygen atoms in total. The van der Waals surface area contributed by atoms with Crippen molar-refractivity contribution >= 4 is 29.4 Å². The van der Waals surface area contributed by atoms with Gasteiger partial charge in [0, 0.05) is 18.3 Å². The fraction of sp³-hybridized carbons (Fsp3) is 0.889. The summed E-state index contributed by atoms with van der Waals surface area (Å²) in [6.45, 7) is 3.27. The summed E-state index contributed by atoms with van der Waals surface area (Å²) in [6.07, 6.45) is 4.85. The average molecular weight is 236 g/mol. The lowest BCUT2D eigenvalue weighted by Gasteiger charge is -2.18. The first-order valence-electron chi connectivity index (χ1n) is 4.72. The van der Waals surface area contributed by atoms with E-state index in [-0.39, 0.29) is 11.2 Å². The first-order valence-corrected chi connectivity index (χ1v) is 7.30. The van der Waals surface area contributed by atoms with Gasteiger partial charge in [-0.05, 0) is 25.9 Å². The zero-order valence-corrected chi connectivity index (χ0v) is 10.7. The van der Waals surface area contributed by atoms with Crippen molar-refractivity contribution in [2.24, 2.45) is 5.73 Å². The quantitative estimate of drug-likeness (QED) is 0.690. The third kappa shape index (κ3) is 5.12.